The van der Waals surface area contributed by atoms with E-state index < -0.39 is 0 Å². The lowest BCUT2D eigenvalue weighted by Gasteiger charge is -1.88. The molecule has 0 aliphatic carbocycles. The van der Waals surface area contributed by atoms with Crippen molar-refractivity contribution in [2.24, 2.45) is 0 Å². The van der Waals surface area contributed by atoms with Gasteiger partial charge in [0.05, 0.1) is 0 Å². The molecule has 0 radical (unpaired) electrons. The summed E-state index contributed by atoms with van der Waals surface area (Å²) in [5.74, 6) is 0. The molecular weight excluding hydrogens is 124 g/mol. The first-order valence-electron chi connectivity index (χ1n) is 3.38. The van der Waals surface area contributed by atoms with Gasteiger partial charge in [-0.2, -0.15) is 0 Å². The zero-order valence-corrected chi connectivity index (χ0v) is 6.38. The lowest BCUT2D eigenvalue weighted by molar-refractivity contribution is 0.302. The second kappa shape index (κ2) is 6.30. The van der Waals surface area contributed by atoms with E-state index in [9.17, 15) is 0 Å². The molecule has 0 atom stereocenters. The number of aliphatic hydroxyl groups is 1. The quantitative estimate of drug-likeness (QED) is 0.589. The van der Waals surface area contributed by atoms with Crippen LogP contribution in [0.25, 0.3) is 0 Å². The van der Waals surface area contributed by atoms with E-state index in [4.69, 9.17) is 5.11 Å². The molecule has 1 nitrogen and oxygen atoms in total. The van der Waals surface area contributed by atoms with E-state index in [-0.39, 0.29) is 6.61 Å². The number of allylic oxidation sites excluding steroid dienone is 4. The Labute approximate surface area is 62.4 Å². The molecule has 0 aliphatic rings. The molecule has 0 spiro atoms. The van der Waals surface area contributed by atoms with Crippen LogP contribution in [0.2, 0.25) is 0 Å². The molecule has 0 amide bonds. The van der Waals surface area contributed by atoms with E-state index in [1.54, 1.807) is 6.08 Å². The van der Waals surface area contributed by atoms with Crippen molar-refractivity contribution in [2.45, 2.75) is 13.3 Å². The predicted octanol–water partition coefficient (Wildman–Crippen LogP) is 2.06. The normalized spacial score (nSPS) is 12.4. The zero-order valence-electron chi connectivity index (χ0n) is 6.38. The van der Waals surface area contributed by atoms with Gasteiger partial charge in [0, 0.05) is 6.61 Å². The number of aliphatic hydroxyl groups excluding tert-OH is 1. The minimum Gasteiger partial charge on any atom is -0.396 e. The Morgan fingerprint density at radius 1 is 1.60 bits per heavy atom. The van der Waals surface area contributed by atoms with E-state index in [0.717, 1.165) is 12.0 Å². The van der Waals surface area contributed by atoms with Crippen molar-refractivity contribution in [3.63, 3.8) is 0 Å². The minimum atomic E-state index is 0.221. The molecular formula is C9H14O. The summed E-state index contributed by atoms with van der Waals surface area (Å²) in [5.41, 5.74) is 1.16. The molecule has 0 unspecified atom stereocenters. The van der Waals surface area contributed by atoms with Gasteiger partial charge in [0.25, 0.3) is 0 Å². The molecule has 1 N–H and O–H groups in total. The molecule has 10 heavy (non-hydrogen) atoms. The molecule has 0 aromatic carbocycles. The first kappa shape index (κ1) is 9.18. The van der Waals surface area contributed by atoms with E-state index in [1.807, 2.05) is 25.2 Å². The third kappa shape index (κ3) is 5.32. The lowest BCUT2D eigenvalue weighted by atomic mass is 10.2. The van der Waals surface area contributed by atoms with Crippen LogP contribution in [0, 0.1) is 0 Å². The number of rotatable bonds is 4. The third-order valence-corrected chi connectivity index (χ3v) is 1.09. The summed E-state index contributed by atoms with van der Waals surface area (Å²) < 4.78 is 0. The maximum Gasteiger partial charge on any atom is 0.0465 e. The van der Waals surface area contributed by atoms with Gasteiger partial charge in [0.1, 0.15) is 0 Å². The highest BCUT2D eigenvalue weighted by atomic mass is 16.2. The van der Waals surface area contributed by atoms with Crippen LogP contribution in [-0.4, -0.2) is 11.7 Å². The predicted molar refractivity (Wildman–Crippen MR) is 44.8 cm³/mol. The smallest absolute Gasteiger partial charge is 0.0465 e. The molecule has 0 aliphatic heterocycles. The Kier molecular flexibility index (Phi) is 5.79. The van der Waals surface area contributed by atoms with Crippen LogP contribution in [0.3, 0.4) is 0 Å². The van der Waals surface area contributed by atoms with Gasteiger partial charge in [0.15, 0.2) is 0 Å². The van der Waals surface area contributed by atoms with Gasteiger partial charge in [-0.15, -0.1) is 0 Å². The highest BCUT2D eigenvalue weighted by Crippen LogP contribution is 1.96. The molecule has 0 aromatic rings. The monoisotopic (exact) mass is 138 g/mol. The van der Waals surface area contributed by atoms with Crippen molar-refractivity contribution in [3.8, 4) is 0 Å². The van der Waals surface area contributed by atoms with Crippen molar-refractivity contribution in [2.75, 3.05) is 6.61 Å². The SMILES string of the molecule is C=C/C=C\C(C)=C/CCO. The number of hydrogen-bond donors (Lipinski definition) is 1. The Hall–Kier alpha value is -0.820. The van der Waals surface area contributed by atoms with Crippen LogP contribution in [0.4, 0.5) is 0 Å². The summed E-state index contributed by atoms with van der Waals surface area (Å²) in [5, 5.41) is 8.45. The number of hydrogen-bond acceptors (Lipinski definition) is 1. The van der Waals surface area contributed by atoms with Gasteiger partial charge in [-0.3, -0.25) is 0 Å². The third-order valence-electron chi connectivity index (χ3n) is 1.09. The Bertz CT molecular complexity index is 143. The zero-order chi connectivity index (χ0) is 7.82. The molecule has 0 bridgehead atoms. The van der Waals surface area contributed by atoms with E-state index in [2.05, 4.69) is 6.58 Å². The Morgan fingerprint density at radius 3 is 2.80 bits per heavy atom. The van der Waals surface area contributed by atoms with Crippen molar-refractivity contribution in [1.29, 1.82) is 0 Å². The van der Waals surface area contributed by atoms with Crippen LogP contribution < -0.4 is 0 Å². The molecule has 0 rings (SSSR count). The average Bonchev–Trinajstić information content (AvgIpc) is 1.97. The summed E-state index contributed by atoms with van der Waals surface area (Å²) >= 11 is 0. The van der Waals surface area contributed by atoms with Gasteiger partial charge in [-0.1, -0.05) is 36.5 Å². The summed E-state index contributed by atoms with van der Waals surface area (Å²) in [6, 6.07) is 0. The van der Waals surface area contributed by atoms with Crippen molar-refractivity contribution in [1.82, 2.24) is 0 Å². The Morgan fingerprint density at radius 2 is 2.30 bits per heavy atom. The van der Waals surface area contributed by atoms with Crippen molar-refractivity contribution in [3.05, 3.63) is 36.5 Å². The van der Waals surface area contributed by atoms with E-state index in [1.165, 1.54) is 0 Å². The molecule has 56 valence electrons. The van der Waals surface area contributed by atoms with Crippen molar-refractivity contribution >= 4 is 0 Å². The summed E-state index contributed by atoms with van der Waals surface area (Å²) in [4.78, 5) is 0. The fourth-order valence-electron chi connectivity index (χ4n) is 0.580. The molecule has 1 heteroatoms. The van der Waals surface area contributed by atoms with Gasteiger partial charge in [0.2, 0.25) is 0 Å². The summed E-state index contributed by atoms with van der Waals surface area (Å²) in [6.07, 6.45) is 8.29. The van der Waals surface area contributed by atoms with Crippen LogP contribution in [0.15, 0.2) is 36.5 Å². The lowest BCUT2D eigenvalue weighted by Crippen LogP contribution is -1.77. The molecule has 0 saturated heterocycles. The van der Waals surface area contributed by atoms with Crippen molar-refractivity contribution < 1.29 is 5.11 Å². The van der Waals surface area contributed by atoms with Gasteiger partial charge >= 0.3 is 0 Å². The fraction of sp³-hybridized carbons (Fsp3) is 0.333. The molecule has 0 aromatic heterocycles. The standard InChI is InChI=1S/C9H14O/c1-3-4-6-9(2)7-5-8-10/h3-4,6-7,10H,1,5,8H2,2H3/b6-4-,9-7-. The maximum absolute atomic E-state index is 8.45. The van der Waals surface area contributed by atoms with Gasteiger partial charge in [-0.25, -0.2) is 0 Å². The van der Waals surface area contributed by atoms with Crippen LogP contribution in [0.5, 0.6) is 0 Å². The molecule has 0 heterocycles. The maximum atomic E-state index is 8.45. The molecule has 0 saturated carbocycles. The van der Waals surface area contributed by atoms with E-state index in [0.29, 0.717) is 0 Å². The van der Waals surface area contributed by atoms with Crippen LogP contribution >= 0.6 is 0 Å². The van der Waals surface area contributed by atoms with Crippen LogP contribution in [-0.2, 0) is 0 Å². The first-order chi connectivity index (χ1) is 4.81. The molecule has 0 fully saturated rings. The first-order valence-corrected chi connectivity index (χ1v) is 3.38. The Balaban J connectivity index is 3.69. The minimum absolute atomic E-state index is 0.221. The summed E-state index contributed by atoms with van der Waals surface area (Å²) in [7, 11) is 0. The highest BCUT2D eigenvalue weighted by molar-refractivity contribution is 5.18. The topological polar surface area (TPSA) is 20.2 Å². The van der Waals surface area contributed by atoms with Gasteiger partial charge < -0.3 is 5.11 Å². The largest absolute Gasteiger partial charge is 0.396 e. The highest BCUT2D eigenvalue weighted by Gasteiger charge is 1.78. The van der Waals surface area contributed by atoms with Crippen LogP contribution in [0.1, 0.15) is 13.3 Å². The average molecular weight is 138 g/mol. The second-order valence-electron chi connectivity index (χ2n) is 2.06. The summed E-state index contributed by atoms with van der Waals surface area (Å²) in [6.45, 7) is 5.77. The fourth-order valence-corrected chi connectivity index (χ4v) is 0.580. The second-order valence-corrected chi connectivity index (χ2v) is 2.06. The van der Waals surface area contributed by atoms with Gasteiger partial charge in [-0.05, 0) is 13.3 Å². The van der Waals surface area contributed by atoms with E-state index >= 15 is 0 Å².